The summed E-state index contributed by atoms with van der Waals surface area (Å²) in [5.74, 6) is -0.00383. The number of likely N-dealkylation sites (tertiary alicyclic amines) is 1. The highest BCUT2D eigenvalue weighted by Gasteiger charge is 2.20. The number of hydrogen-bond donors (Lipinski definition) is 1. The van der Waals surface area contributed by atoms with Gasteiger partial charge in [0.2, 0.25) is 0 Å². The Morgan fingerprint density at radius 1 is 1.25 bits per heavy atom. The highest BCUT2D eigenvalue weighted by atomic mass is 16.5. The molecule has 0 amide bonds. The molecule has 0 radical (unpaired) electrons. The van der Waals surface area contributed by atoms with Crippen LogP contribution in [0.1, 0.15) is 12.8 Å². The number of ether oxygens (including phenoxy) is 2. The van der Waals surface area contributed by atoms with Crippen LogP contribution in [0.5, 0.6) is 5.75 Å². The Hall–Kier alpha value is -1.59. The van der Waals surface area contributed by atoms with E-state index in [9.17, 15) is 4.79 Å². The van der Waals surface area contributed by atoms with E-state index in [4.69, 9.17) is 14.6 Å². The third-order valence-electron chi connectivity index (χ3n) is 3.40. The number of piperidine rings is 1. The highest BCUT2D eigenvalue weighted by Crippen LogP contribution is 2.14. The van der Waals surface area contributed by atoms with Crippen LogP contribution in [-0.4, -0.2) is 54.9 Å². The van der Waals surface area contributed by atoms with Gasteiger partial charge < -0.3 is 14.6 Å². The van der Waals surface area contributed by atoms with Crippen LogP contribution in [0.25, 0.3) is 0 Å². The van der Waals surface area contributed by atoms with Gasteiger partial charge in [-0.3, -0.25) is 4.90 Å². The minimum atomic E-state index is -0.899. The number of para-hydroxylation sites is 1. The topological polar surface area (TPSA) is 59.0 Å². The first-order chi connectivity index (χ1) is 9.74. The van der Waals surface area contributed by atoms with Gasteiger partial charge in [-0.25, -0.2) is 4.79 Å². The molecule has 0 aromatic heterocycles. The van der Waals surface area contributed by atoms with Crippen LogP contribution >= 0.6 is 0 Å². The second kappa shape index (κ2) is 7.87. The van der Waals surface area contributed by atoms with Gasteiger partial charge >= 0.3 is 5.97 Å². The van der Waals surface area contributed by atoms with Crippen molar-refractivity contribution in [3.63, 3.8) is 0 Å². The van der Waals surface area contributed by atoms with E-state index in [1.165, 1.54) is 0 Å². The van der Waals surface area contributed by atoms with Crippen LogP contribution in [0, 0.1) is 0 Å². The van der Waals surface area contributed by atoms with Crippen molar-refractivity contribution in [3.8, 4) is 5.75 Å². The minimum absolute atomic E-state index is 0.0809. The molecule has 5 nitrogen and oxygen atoms in total. The Bertz CT molecular complexity index is 402. The molecule has 5 heteroatoms. The number of benzene rings is 1. The average molecular weight is 279 g/mol. The maximum absolute atomic E-state index is 10.4. The van der Waals surface area contributed by atoms with Gasteiger partial charge in [-0.2, -0.15) is 0 Å². The second-order valence-electron chi connectivity index (χ2n) is 4.91. The molecule has 1 fully saturated rings. The zero-order valence-electron chi connectivity index (χ0n) is 11.5. The van der Waals surface area contributed by atoms with Crippen LogP contribution < -0.4 is 4.74 Å². The van der Waals surface area contributed by atoms with E-state index in [1.54, 1.807) is 0 Å². The van der Waals surface area contributed by atoms with E-state index in [0.717, 1.165) is 38.2 Å². The van der Waals surface area contributed by atoms with Gasteiger partial charge in [0, 0.05) is 19.6 Å². The van der Waals surface area contributed by atoms with Crippen LogP contribution in [0.3, 0.4) is 0 Å². The van der Waals surface area contributed by atoms with Crippen molar-refractivity contribution in [1.82, 2.24) is 4.90 Å². The van der Waals surface area contributed by atoms with Gasteiger partial charge in [-0.1, -0.05) is 18.2 Å². The van der Waals surface area contributed by atoms with E-state index in [0.29, 0.717) is 6.61 Å². The maximum Gasteiger partial charge on any atom is 0.329 e. The molecule has 1 N–H and O–H groups in total. The molecule has 110 valence electrons. The van der Waals surface area contributed by atoms with E-state index < -0.39 is 5.97 Å². The van der Waals surface area contributed by atoms with E-state index in [2.05, 4.69) is 4.90 Å². The summed E-state index contributed by atoms with van der Waals surface area (Å²) in [5, 5.41) is 8.57. The molecule has 1 aromatic rings. The summed E-state index contributed by atoms with van der Waals surface area (Å²) in [5.41, 5.74) is 0. The molecule has 1 aliphatic rings. The van der Waals surface area contributed by atoms with E-state index in [1.807, 2.05) is 30.3 Å². The van der Waals surface area contributed by atoms with Crippen LogP contribution in [0.2, 0.25) is 0 Å². The fourth-order valence-electron chi connectivity index (χ4n) is 2.30. The molecule has 1 saturated heterocycles. The summed E-state index contributed by atoms with van der Waals surface area (Å²) in [6.45, 7) is 3.23. The zero-order chi connectivity index (χ0) is 14.2. The van der Waals surface area contributed by atoms with Crippen LogP contribution in [0.15, 0.2) is 30.3 Å². The molecule has 20 heavy (non-hydrogen) atoms. The molecule has 2 rings (SSSR count). The van der Waals surface area contributed by atoms with Crippen molar-refractivity contribution in [2.45, 2.75) is 18.9 Å². The van der Waals surface area contributed by atoms with E-state index in [-0.39, 0.29) is 12.7 Å². The van der Waals surface area contributed by atoms with Gasteiger partial charge in [-0.15, -0.1) is 0 Å². The summed E-state index contributed by atoms with van der Waals surface area (Å²) in [7, 11) is 0. The van der Waals surface area contributed by atoms with E-state index >= 15 is 0 Å². The summed E-state index contributed by atoms with van der Waals surface area (Å²) >= 11 is 0. The summed E-state index contributed by atoms with van der Waals surface area (Å²) in [6.07, 6.45) is 1.86. The SMILES string of the molecule is O=C(O)COC1CCN(CCOc2ccccc2)CC1. The molecular formula is C15H21NO4. The molecule has 1 heterocycles. The molecule has 0 saturated carbocycles. The molecular weight excluding hydrogens is 258 g/mol. The Kier molecular flexibility index (Phi) is 5.83. The fourth-order valence-corrected chi connectivity index (χ4v) is 2.30. The largest absolute Gasteiger partial charge is 0.492 e. The summed E-state index contributed by atoms with van der Waals surface area (Å²) in [6, 6.07) is 9.79. The van der Waals surface area contributed by atoms with Crippen molar-refractivity contribution in [2.24, 2.45) is 0 Å². The molecule has 0 spiro atoms. The number of carboxylic acid groups (broad SMARTS) is 1. The zero-order valence-corrected chi connectivity index (χ0v) is 11.5. The van der Waals surface area contributed by atoms with Crippen molar-refractivity contribution >= 4 is 5.97 Å². The lowest BCUT2D eigenvalue weighted by molar-refractivity contribution is -0.145. The lowest BCUT2D eigenvalue weighted by Gasteiger charge is -2.31. The van der Waals surface area contributed by atoms with Gasteiger partial charge in [0.1, 0.15) is 19.0 Å². The predicted octanol–water partition coefficient (Wildman–Crippen LogP) is 1.63. The number of rotatable bonds is 7. The highest BCUT2D eigenvalue weighted by molar-refractivity contribution is 5.68. The first kappa shape index (κ1) is 14.8. The number of hydrogen-bond acceptors (Lipinski definition) is 4. The van der Waals surface area contributed by atoms with Crippen LogP contribution in [-0.2, 0) is 9.53 Å². The van der Waals surface area contributed by atoms with Gasteiger partial charge in [-0.05, 0) is 25.0 Å². The number of aliphatic carboxylic acids is 1. The van der Waals surface area contributed by atoms with Crippen LogP contribution in [0.4, 0.5) is 0 Å². The monoisotopic (exact) mass is 279 g/mol. The molecule has 0 unspecified atom stereocenters. The molecule has 0 aliphatic carbocycles. The van der Waals surface area contributed by atoms with Crippen molar-refractivity contribution in [1.29, 1.82) is 0 Å². The fraction of sp³-hybridized carbons (Fsp3) is 0.533. The first-order valence-electron chi connectivity index (χ1n) is 6.97. The molecule has 0 bridgehead atoms. The molecule has 1 aliphatic heterocycles. The molecule has 1 aromatic carbocycles. The standard InChI is InChI=1S/C15H21NO4/c17-15(18)12-20-14-6-8-16(9-7-14)10-11-19-13-4-2-1-3-5-13/h1-5,14H,6-12H2,(H,17,18). The minimum Gasteiger partial charge on any atom is -0.492 e. The maximum atomic E-state index is 10.4. The normalized spacial score (nSPS) is 17.0. The molecule has 0 atom stereocenters. The number of carbonyl (C=O) groups is 1. The van der Waals surface area contributed by atoms with Crippen molar-refractivity contribution < 1.29 is 19.4 Å². The lowest BCUT2D eigenvalue weighted by Crippen LogP contribution is -2.39. The quantitative estimate of drug-likeness (QED) is 0.822. The summed E-state index contributed by atoms with van der Waals surface area (Å²) < 4.78 is 11.0. The third kappa shape index (κ3) is 5.19. The van der Waals surface area contributed by atoms with Gasteiger partial charge in [0.25, 0.3) is 0 Å². The second-order valence-corrected chi connectivity index (χ2v) is 4.91. The lowest BCUT2D eigenvalue weighted by atomic mass is 10.1. The Morgan fingerprint density at radius 2 is 1.95 bits per heavy atom. The van der Waals surface area contributed by atoms with Crippen molar-refractivity contribution in [3.05, 3.63) is 30.3 Å². The Labute approximate surface area is 119 Å². The smallest absolute Gasteiger partial charge is 0.329 e. The number of nitrogens with zero attached hydrogens (tertiary/aromatic N) is 1. The van der Waals surface area contributed by atoms with Crippen molar-refractivity contribution in [2.75, 3.05) is 32.8 Å². The Balaban J connectivity index is 1.59. The average Bonchev–Trinajstić information content (AvgIpc) is 2.47. The van der Waals surface area contributed by atoms with Gasteiger partial charge in [0.05, 0.1) is 6.10 Å². The number of carboxylic acids is 1. The van der Waals surface area contributed by atoms with Gasteiger partial charge in [0.15, 0.2) is 0 Å². The Morgan fingerprint density at radius 3 is 2.60 bits per heavy atom. The first-order valence-corrected chi connectivity index (χ1v) is 6.97. The predicted molar refractivity (Wildman–Crippen MR) is 75.0 cm³/mol. The summed E-state index contributed by atoms with van der Waals surface area (Å²) in [4.78, 5) is 12.8. The third-order valence-corrected chi connectivity index (χ3v) is 3.40.